The lowest BCUT2D eigenvalue weighted by Gasteiger charge is -2.02. The molecule has 0 N–H and O–H groups in total. The molecule has 4 heterocycles. The van der Waals surface area contributed by atoms with Crippen LogP contribution in [0.3, 0.4) is 0 Å². The molecule has 1 atom stereocenters. The molecule has 0 fully saturated rings. The van der Waals surface area contributed by atoms with Crippen molar-refractivity contribution in [1.29, 1.82) is 0 Å². The first-order valence-corrected chi connectivity index (χ1v) is 9.98. The Morgan fingerprint density at radius 2 is 2.07 bits per heavy atom. The lowest BCUT2D eigenvalue weighted by Crippen LogP contribution is -2.04. The normalized spacial score (nSPS) is 14.1. The number of rotatable bonds is 4. The smallest absolute Gasteiger partial charge is 0.329 e. The maximum Gasteiger partial charge on any atom is 0.471 e. The van der Waals surface area contributed by atoms with Gasteiger partial charge in [0.2, 0.25) is 5.82 Å². The summed E-state index contributed by atoms with van der Waals surface area (Å²) >= 11 is 0. The maximum absolute atomic E-state index is 12.7. The minimum Gasteiger partial charge on any atom is -0.329 e. The fourth-order valence-corrected chi connectivity index (χ4v) is 3.56. The van der Waals surface area contributed by atoms with Gasteiger partial charge >= 0.3 is 12.1 Å². The number of alkyl halides is 3. The third-order valence-electron chi connectivity index (χ3n) is 3.90. The maximum atomic E-state index is 12.7. The Morgan fingerprint density at radius 3 is 2.76 bits per heavy atom. The van der Waals surface area contributed by atoms with E-state index in [9.17, 15) is 17.4 Å². The molecular weight excluding hydrogens is 411 g/mol. The van der Waals surface area contributed by atoms with E-state index in [1.807, 2.05) is 0 Å². The first kappa shape index (κ1) is 19.0. The summed E-state index contributed by atoms with van der Waals surface area (Å²) in [5.41, 5.74) is 1.29. The van der Waals surface area contributed by atoms with Gasteiger partial charge in [-0.15, -0.1) is 0 Å². The highest BCUT2D eigenvalue weighted by atomic mass is 32.2. The van der Waals surface area contributed by atoms with Crippen LogP contribution in [0.25, 0.3) is 17.0 Å². The molecule has 0 aliphatic heterocycles. The predicted octanol–water partition coefficient (Wildman–Crippen LogP) is 2.85. The van der Waals surface area contributed by atoms with Crippen LogP contribution in [0.5, 0.6) is 0 Å². The summed E-state index contributed by atoms with van der Waals surface area (Å²) in [5, 5.41) is 10.7. The third kappa shape index (κ3) is 3.94. The molecule has 1 unspecified atom stereocenters. The largest absolute Gasteiger partial charge is 0.471 e. The van der Waals surface area contributed by atoms with Crippen molar-refractivity contribution in [2.24, 2.45) is 4.36 Å². The van der Waals surface area contributed by atoms with Crippen LogP contribution in [0.1, 0.15) is 11.6 Å². The molecule has 0 aromatic carbocycles. The van der Waals surface area contributed by atoms with Crippen molar-refractivity contribution >= 4 is 15.4 Å². The monoisotopic (exact) mass is 423 g/mol. The van der Waals surface area contributed by atoms with Crippen LogP contribution in [0.4, 0.5) is 13.2 Å². The zero-order chi connectivity index (χ0) is 20.6. The number of halogens is 3. The van der Waals surface area contributed by atoms with E-state index in [1.54, 1.807) is 22.9 Å². The molecule has 9 nitrogen and oxygen atoms in total. The van der Waals surface area contributed by atoms with Crippen LogP contribution in [0.15, 0.2) is 56.8 Å². The van der Waals surface area contributed by atoms with Gasteiger partial charge < -0.3 is 8.92 Å². The lowest BCUT2D eigenvalue weighted by molar-refractivity contribution is -0.159. The van der Waals surface area contributed by atoms with Gasteiger partial charge in [0.1, 0.15) is 5.65 Å². The number of imidazole rings is 1. The number of aromatic nitrogens is 6. The first-order valence-electron chi connectivity index (χ1n) is 8.06. The summed E-state index contributed by atoms with van der Waals surface area (Å²) in [5.74, 6) is -1.62. The summed E-state index contributed by atoms with van der Waals surface area (Å²) in [6.07, 6.45) is 2.88. The number of pyridine rings is 1. The van der Waals surface area contributed by atoms with Crippen LogP contribution in [0.2, 0.25) is 0 Å². The van der Waals surface area contributed by atoms with Crippen molar-refractivity contribution in [1.82, 2.24) is 29.7 Å². The van der Waals surface area contributed by atoms with Crippen molar-refractivity contribution < 1.29 is 21.9 Å². The predicted molar refractivity (Wildman–Crippen MR) is 94.0 cm³/mol. The lowest BCUT2D eigenvalue weighted by atomic mass is 10.2. The van der Waals surface area contributed by atoms with Gasteiger partial charge in [-0.05, 0) is 18.2 Å². The van der Waals surface area contributed by atoms with Gasteiger partial charge in [-0.2, -0.15) is 28.4 Å². The number of nitrogens with zero attached hydrogens (tertiary/aromatic N) is 7. The van der Waals surface area contributed by atoms with Crippen molar-refractivity contribution in [2.75, 3.05) is 6.26 Å². The molecule has 0 saturated carbocycles. The zero-order valence-electron chi connectivity index (χ0n) is 14.7. The van der Waals surface area contributed by atoms with Crippen LogP contribution in [-0.2, 0) is 22.5 Å². The van der Waals surface area contributed by atoms with E-state index < -0.39 is 21.8 Å². The third-order valence-corrected chi connectivity index (χ3v) is 5.64. The van der Waals surface area contributed by atoms with Gasteiger partial charge in [-0.1, -0.05) is 5.16 Å². The molecule has 0 amide bonds. The molecule has 0 spiro atoms. The zero-order valence-corrected chi connectivity index (χ0v) is 15.6. The summed E-state index contributed by atoms with van der Waals surface area (Å²) in [4.78, 5) is 8.17. The molecule has 0 aliphatic rings. The molecular formula is C16H12F3N7O2S. The number of hydrogen-bond acceptors (Lipinski definition) is 8. The highest BCUT2D eigenvalue weighted by molar-refractivity contribution is 7.93. The van der Waals surface area contributed by atoms with Crippen LogP contribution < -0.4 is 0 Å². The number of fused-ring (bicyclic) bond motifs is 1. The Hall–Kier alpha value is -3.35. The molecule has 4 rings (SSSR count). The second kappa shape index (κ2) is 6.92. The summed E-state index contributed by atoms with van der Waals surface area (Å²) in [6, 6.07) is 4.63. The summed E-state index contributed by atoms with van der Waals surface area (Å²) in [6.45, 7) is 0.0785. The van der Waals surface area contributed by atoms with Crippen molar-refractivity contribution in [2.45, 2.75) is 17.6 Å². The van der Waals surface area contributed by atoms with E-state index in [-0.39, 0.29) is 12.4 Å². The SMILES string of the molecule is CS(=O)(=NCc1cn2ccc(-c3noc(C(F)(F)F)n3)cc2n1)c1ccnnc1. The van der Waals surface area contributed by atoms with Gasteiger partial charge in [-0.3, -0.25) is 0 Å². The molecule has 150 valence electrons. The Kier molecular flexibility index (Phi) is 4.53. The average molecular weight is 423 g/mol. The highest BCUT2D eigenvalue weighted by Crippen LogP contribution is 2.29. The first-order chi connectivity index (χ1) is 13.7. The van der Waals surface area contributed by atoms with E-state index >= 15 is 0 Å². The van der Waals surface area contributed by atoms with Crippen LogP contribution in [0, 0.1) is 0 Å². The molecule has 0 saturated heterocycles. The van der Waals surface area contributed by atoms with Crippen molar-refractivity contribution in [3.05, 3.63) is 54.6 Å². The molecule has 0 bridgehead atoms. The van der Waals surface area contributed by atoms with Crippen molar-refractivity contribution in [3.63, 3.8) is 0 Å². The summed E-state index contributed by atoms with van der Waals surface area (Å²) < 4.78 is 60.7. The number of hydrogen-bond donors (Lipinski definition) is 0. The van der Waals surface area contributed by atoms with E-state index in [1.165, 1.54) is 30.8 Å². The molecule has 4 aromatic rings. The Labute approximate surface area is 161 Å². The van der Waals surface area contributed by atoms with Gasteiger partial charge in [0, 0.05) is 24.2 Å². The summed E-state index contributed by atoms with van der Waals surface area (Å²) in [7, 11) is -2.67. The quantitative estimate of drug-likeness (QED) is 0.496. The minimum atomic E-state index is -4.71. The van der Waals surface area contributed by atoms with E-state index in [4.69, 9.17) is 0 Å². The van der Waals surface area contributed by atoms with E-state index in [2.05, 4.69) is 34.2 Å². The Morgan fingerprint density at radius 1 is 1.24 bits per heavy atom. The van der Waals surface area contributed by atoms with Crippen LogP contribution in [-0.4, -0.2) is 40.2 Å². The average Bonchev–Trinajstić information content (AvgIpc) is 3.33. The Bertz CT molecular complexity index is 1290. The fourth-order valence-electron chi connectivity index (χ4n) is 2.47. The van der Waals surface area contributed by atoms with Crippen molar-refractivity contribution in [3.8, 4) is 11.4 Å². The molecule has 4 aromatic heterocycles. The highest BCUT2D eigenvalue weighted by Gasteiger charge is 2.38. The van der Waals surface area contributed by atoms with E-state index in [0.29, 0.717) is 21.8 Å². The van der Waals surface area contributed by atoms with Gasteiger partial charge in [0.15, 0.2) is 0 Å². The van der Waals surface area contributed by atoms with Crippen LogP contribution >= 0.6 is 0 Å². The molecule has 13 heteroatoms. The fraction of sp³-hybridized carbons (Fsp3) is 0.188. The topological polar surface area (TPSA) is 111 Å². The second-order valence-electron chi connectivity index (χ2n) is 6.00. The second-order valence-corrected chi connectivity index (χ2v) is 8.34. The standard InChI is InChI=1S/C16H12F3N7O2S/c1-29(27,12-2-4-20-21-8-12)22-7-11-9-26-5-3-10(6-13(26)23-11)14-24-15(28-25-14)16(17,18)19/h2-6,8-9H,7H2,1H3. The molecule has 29 heavy (non-hydrogen) atoms. The van der Waals surface area contributed by atoms with E-state index in [0.717, 1.165) is 0 Å². The van der Waals surface area contributed by atoms with Gasteiger partial charge in [0.25, 0.3) is 0 Å². The minimum absolute atomic E-state index is 0.0785. The Balaban J connectivity index is 1.61. The van der Waals surface area contributed by atoms with Gasteiger partial charge in [0.05, 0.1) is 39.3 Å². The molecule has 0 aliphatic carbocycles. The molecule has 0 radical (unpaired) electrons. The van der Waals surface area contributed by atoms with Gasteiger partial charge in [-0.25, -0.2) is 13.6 Å².